The first-order valence-corrected chi connectivity index (χ1v) is 14.9. The highest BCUT2D eigenvalue weighted by atomic mass is 32.2. The highest BCUT2D eigenvalue weighted by Crippen LogP contribution is 2.25. The van der Waals surface area contributed by atoms with Crippen molar-refractivity contribution in [3.63, 3.8) is 0 Å². The molecule has 0 fully saturated rings. The molecule has 2 amide bonds. The number of esters is 1. The van der Waals surface area contributed by atoms with Gasteiger partial charge in [0.2, 0.25) is 11.8 Å². The first kappa shape index (κ1) is 31.2. The molecule has 3 atom stereocenters. The van der Waals surface area contributed by atoms with E-state index in [0.717, 1.165) is 22.4 Å². The molecule has 3 rings (SSSR count). The van der Waals surface area contributed by atoms with E-state index < -0.39 is 12.0 Å². The molecule has 7 nitrogen and oxygen atoms in total. The van der Waals surface area contributed by atoms with Gasteiger partial charge in [-0.05, 0) is 36.0 Å². The van der Waals surface area contributed by atoms with Gasteiger partial charge in [0, 0.05) is 30.9 Å². The van der Waals surface area contributed by atoms with Crippen molar-refractivity contribution in [2.24, 2.45) is 5.92 Å². The molecule has 0 saturated heterocycles. The highest BCUT2D eigenvalue weighted by molar-refractivity contribution is 7.98. The molecule has 0 bridgehead atoms. The van der Waals surface area contributed by atoms with Gasteiger partial charge in [-0.1, -0.05) is 66.7 Å². The summed E-state index contributed by atoms with van der Waals surface area (Å²) in [7, 11) is 0. The monoisotopic (exact) mass is 564 g/mol. The Kier molecular flexibility index (Phi) is 13.0. The van der Waals surface area contributed by atoms with Crippen LogP contribution in [-0.4, -0.2) is 58.8 Å². The van der Waals surface area contributed by atoms with Crippen LogP contribution in [-0.2, 0) is 37.8 Å². The standard InChI is InChI=1S/C32H40N2O5S/c1-3-5-16-31(37)39-21-28(23-40-22-24-12-7-6-8-13-24)33-32(38)26(11-4-2)18-30(36)34-19-27-15-10-9-14-25(27)17-29(34)20-35/h3-4,6-10,12-15,26,28-29,35H,1-2,5,11,16-23H2,(H,33,38). The first-order valence-electron chi connectivity index (χ1n) is 13.7. The number of carbonyl (C=O) groups excluding carboxylic acids is 3. The smallest absolute Gasteiger partial charge is 0.306 e. The van der Waals surface area contributed by atoms with Crippen LogP contribution in [0.25, 0.3) is 0 Å². The molecule has 0 spiro atoms. The number of hydrogen-bond acceptors (Lipinski definition) is 6. The predicted octanol–water partition coefficient (Wildman–Crippen LogP) is 4.44. The van der Waals surface area contributed by atoms with E-state index in [-0.39, 0.29) is 49.9 Å². The number of amides is 2. The third-order valence-corrected chi connectivity index (χ3v) is 8.08. The van der Waals surface area contributed by atoms with Crippen molar-refractivity contribution in [3.05, 3.63) is 96.6 Å². The molecule has 0 aliphatic carbocycles. The molecule has 0 saturated carbocycles. The van der Waals surface area contributed by atoms with Gasteiger partial charge in [-0.15, -0.1) is 13.2 Å². The summed E-state index contributed by atoms with van der Waals surface area (Å²) in [4.78, 5) is 40.6. The average Bonchev–Trinajstić information content (AvgIpc) is 2.98. The maximum Gasteiger partial charge on any atom is 0.306 e. The van der Waals surface area contributed by atoms with Crippen LogP contribution < -0.4 is 5.32 Å². The molecule has 40 heavy (non-hydrogen) atoms. The summed E-state index contributed by atoms with van der Waals surface area (Å²) >= 11 is 1.64. The summed E-state index contributed by atoms with van der Waals surface area (Å²) in [5.41, 5.74) is 3.35. The van der Waals surface area contributed by atoms with Gasteiger partial charge >= 0.3 is 5.97 Å². The molecule has 8 heteroatoms. The zero-order chi connectivity index (χ0) is 28.7. The van der Waals surface area contributed by atoms with Crippen molar-refractivity contribution in [2.75, 3.05) is 19.0 Å². The second-order valence-electron chi connectivity index (χ2n) is 9.97. The zero-order valence-corrected chi connectivity index (χ0v) is 23.8. The van der Waals surface area contributed by atoms with Gasteiger partial charge in [-0.25, -0.2) is 0 Å². The Balaban J connectivity index is 1.64. The molecule has 214 valence electrons. The lowest BCUT2D eigenvalue weighted by Gasteiger charge is -2.36. The maximum absolute atomic E-state index is 13.4. The summed E-state index contributed by atoms with van der Waals surface area (Å²) in [5.74, 6) is -0.129. The third-order valence-electron chi connectivity index (χ3n) is 6.90. The molecule has 0 aromatic heterocycles. The number of aliphatic hydroxyl groups is 1. The van der Waals surface area contributed by atoms with E-state index in [2.05, 4.69) is 18.5 Å². The fraction of sp³-hybridized carbons (Fsp3) is 0.406. The molecule has 2 aromatic carbocycles. The van der Waals surface area contributed by atoms with E-state index in [0.29, 0.717) is 31.6 Å². The number of fused-ring (bicyclic) bond motifs is 1. The van der Waals surface area contributed by atoms with Crippen LogP contribution in [0, 0.1) is 5.92 Å². The van der Waals surface area contributed by atoms with Crippen LogP contribution >= 0.6 is 11.8 Å². The van der Waals surface area contributed by atoms with Crippen molar-refractivity contribution in [3.8, 4) is 0 Å². The quantitative estimate of drug-likeness (QED) is 0.231. The van der Waals surface area contributed by atoms with Gasteiger partial charge in [-0.2, -0.15) is 11.8 Å². The number of hydrogen-bond donors (Lipinski definition) is 2. The summed E-state index contributed by atoms with van der Waals surface area (Å²) in [6, 6.07) is 17.2. The maximum atomic E-state index is 13.4. The number of benzene rings is 2. The normalized spacial score (nSPS) is 15.8. The lowest BCUT2D eigenvalue weighted by atomic mass is 9.92. The number of nitrogens with one attached hydrogen (secondary N) is 1. The first-order chi connectivity index (χ1) is 19.4. The second kappa shape index (κ2) is 16.7. The van der Waals surface area contributed by atoms with E-state index in [1.165, 1.54) is 0 Å². The SMILES string of the molecule is C=CCCC(=O)OCC(CSCc1ccccc1)NC(=O)C(CC=C)CC(=O)N1Cc2ccccc2CC1CO. The van der Waals surface area contributed by atoms with Gasteiger partial charge in [0.15, 0.2) is 0 Å². The van der Waals surface area contributed by atoms with Gasteiger partial charge in [-0.3, -0.25) is 14.4 Å². The number of allylic oxidation sites excluding steroid dienone is 2. The Bertz CT molecular complexity index is 1140. The third kappa shape index (κ3) is 9.68. The van der Waals surface area contributed by atoms with E-state index >= 15 is 0 Å². The summed E-state index contributed by atoms with van der Waals surface area (Å²) < 4.78 is 5.45. The number of carbonyl (C=O) groups is 3. The molecule has 1 aliphatic heterocycles. The van der Waals surface area contributed by atoms with Crippen LogP contribution in [0.5, 0.6) is 0 Å². The summed E-state index contributed by atoms with van der Waals surface area (Å²) in [6.45, 7) is 7.73. The average molecular weight is 565 g/mol. The lowest BCUT2D eigenvalue weighted by molar-refractivity contribution is -0.145. The number of ether oxygens (including phenoxy) is 1. The van der Waals surface area contributed by atoms with Crippen LogP contribution in [0.2, 0.25) is 0 Å². The van der Waals surface area contributed by atoms with Crippen LogP contribution in [0.4, 0.5) is 0 Å². The van der Waals surface area contributed by atoms with E-state index in [9.17, 15) is 19.5 Å². The van der Waals surface area contributed by atoms with E-state index in [1.807, 2.05) is 54.6 Å². The predicted molar refractivity (Wildman–Crippen MR) is 159 cm³/mol. The lowest BCUT2D eigenvalue weighted by Crippen LogP contribution is -2.48. The highest BCUT2D eigenvalue weighted by Gasteiger charge is 2.32. The topological polar surface area (TPSA) is 95.9 Å². The molecule has 0 radical (unpaired) electrons. The molecule has 1 aliphatic rings. The largest absolute Gasteiger partial charge is 0.463 e. The number of thioether (sulfide) groups is 1. The van der Waals surface area contributed by atoms with Gasteiger partial charge in [0.05, 0.1) is 24.6 Å². The Morgan fingerprint density at radius 2 is 1.80 bits per heavy atom. The van der Waals surface area contributed by atoms with Crippen LogP contribution in [0.15, 0.2) is 79.9 Å². The Hall–Kier alpha value is -3.36. The fourth-order valence-corrected chi connectivity index (χ4v) is 5.69. The van der Waals surface area contributed by atoms with Gasteiger partial charge in [0.1, 0.15) is 6.61 Å². The van der Waals surface area contributed by atoms with Crippen molar-refractivity contribution in [2.45, 2.75) is 56.5 Å². The molecule has 1 heterocycles. The van der Waals surface area contributed by atoms with Crippen LogP contribution in [0.3, 0.4) is 0 Å². The molecular formula is C32H40N2O5S. The Morgan fingerprint density at radius 1 is 1.07 bits per heavy atom. The minimum Gasteiger partial charge on any atom is -0.463 e. The van der Waals surface area contributed by atoms with E-state index in [1.54, 1.807) is 28.8 Å². The molecule has 2 N–H and O–H groups in total. The van der Waals surface area contributed by atoms with Crippen molar-refractivity contribution in [1.82, 2.24) is 10.2 Å². The molecule has 2 aromatic rings. The fourth-order valence-electron chi connectivity index (χ4n) is 4.68. The van der Waals surface area contributed by atoms with Gasteiger partial charge in [0.25, 0.3) is 0 Å². The van der Waals surface area contributed by atoms with Crippen molar-refractivity contribution in [1.29, 1.82) is 0 Å². The van der Waals surface area contributed by atoms with Gasteiger partial charge < -0.3 is 20.1 Å². The second-order valence-corrected chi connectivity index (χ2v) is 11.0. The number of aliphatic hydroxyl groups excluding tert-OH is 1. The molecular weight excluding hydrogens is 524 g/mol. The van der Waals surface area contributed by atoms with Crippen LogP contribution in [0.1, 0.15) is 42.4 Å². The Labute approximate surface area is 241 Å². The minimum absolute atomic E-state index is 0.000475. The zero-order valence-electron chi connectivity index (χ0n) is 23.0. The Morgan fingerprint density at radius 3 is 2.50 bits per heavy atom. The summed E-state index contributed by atoms with van der Waals surface area (Å²) in [5, 5.41) is 13.0. The molecule has 3 unspecified atom stereocenters. The van der Waals surface area contributed by atoms with Crippen molar-refractivity contribution < 1.29 is 24.2 Å². The summed E-state index contributed by atoms with van der Waals surface area (Å²) in [6.07, 6.45) is 4.97. The van der Waals surface area contributed by atoms with E-state index in [4.69, 9.17) is 4.74 Å². The minimum atomic E-state index is -0.625. The van der Waals surface area contributed by atoms with Crippen molar-refractivity contribution >= 4 is 29.5 Å². The number of rotatable bonds is 16. The number of nitrogens with zero attached hydrogens (tertiary/aromatic N) is 1.